The van der Waals surface area contributed by atoms with Crippen molar-refractivity contribution < 1.29 is 33.8 Å². The quantitative estimate of drug-likeness (QED) is 0.290. The summed E-state index contributed by atoms with van der Waals surface area (Å²) < 4.78 is 17.9. The predicted octanol–water partition coefficient (Wildman–Crippen LogP) is 1.95. The first-order chi connectivity index (χ1) is 15.5. The molecule has 33 heavy (non-hydrogen) atoms. The lowest BCUT2D eigenvalue weighted by Gasteiger charge is -2.45. The Morgan fingerprint density at radius 3 is 2.64 bits per heavy atom. The van der Waals surface area contributed by atoms with Crippen molar-refractivity contribution >= 4 is 11.8 Å². The molecule has 9 heteroatoms. The summed E-state index contributed by atoms with van der Waals surface area (Å²) in [7, 11) is 1.43. The Bertz CT molecular complexity index is 897. The summed E-state index contributed by atoms with van der Waals surface area (Å²) in [5, 5.41) is 21.7. The Morgan fingerprint density at radius 1 is 1.33 bits per heavy atom. The zero-order valence-corrected chi connectivity index (χ0v) is 19.7. The lowest BCUT2D eigenvalue weighted by molar-refractivity contribution is -0.492. The van der Waals surface area contributed by atoms with Crippen LogP contribution in [0.2, 0.25) is 0 Å². The van der Waals surface area contributed by atoms with Crippen molar-refractivity contribution in [1.82, 2.24) is 0 Å². The predicted molar refractivity (Wildman–Crippen MR) is 117 cm³/mol. The maximum Gasteiger partial charge on any atom is 0.335 e. The molecule has 0 amide bonds. The first-order valence-corrected chi connectivity index (χ1v) is 11.6. The average Bonchev–Trinajstić information content (AvgIpc) is 2.94. The lowest BCUT2D eigenvalue weighted by atomic mass is 9.56. The number of aliphatic hydroxyl groups is 1. The van der Waals surface area contributed by atoms with E-state index in [1.807, 2.05) is 32.1 Å². The molecular formula is C24H33NO8. The highest BCUT2D eigenvalue weighted by Gasteiger charge is 2.69. The Morgan fingerprint density at radius 2 is 2.03 bits per heavy atom. The fraction of sp³-hybridized carbons (Fsp3) is 0.750. The van der Waals surface area contributed by atoms with Crippen LogP contribution in [0, 0.1) is 45.6 Å². The van der Waals surface area contributed by atoms with Crippen LogP contribution in [0.4, 0.5) is 0 Å². The van der Waals surface area contributed by atoms with Gasteiger partial charge in [0.2, 0.25) is 6.54 Å². The minimum atomic E-state index is -1.02. The van der Waals surface area contributed by atoms with Crippen molar-refractivity contribution in [2.45, 2.75) is 64.1 Å². The van der Waals surface area contributed by atoms with E-state index in [-0.39, 0.29) is 41.4 Å². The third kappa shape index (κ3) is 3.65. The largest absolute Gasteiger partial charge is 0.457 e. The third-order valence-corrected chi connectivity index (χ3v) is 8.24. The molecule has 4 bridgehead atoms. The van der Waals surface area contributed by atoms with Gasteiger partial charge in [-0.15, -0.1) is 0 Å². The normalized spacial score (nSPS) is 45.6. The Kier molecular flexibility index (Phi) is 6.26. The number of hydrogen-bond acceptors (Lipinski definition) is 8. The van der Waals surface area contributed by atoms with Gasteiger partial charge in [0.15, 0.2) is 6.10 Å². The van der Waals surface area contributed by atoms with Crippen molar-refractivity contribution in [3.05, 3.63) is 33.9 Å². The fourth-order valence-electron chi connectivity index (χ4n) is 6.66. The minimum Gasteiger partial charge on any atom is -0.457 e. The second-order valence-electron chi connectivity index (χ2n) is 10.1. The first kappa shape index (κ1) is 24.0. The summed E-state index contributed by atoms with van der Waals surface area (Å²) >= 11 is 0. The molecule has 4 rings (SSSR count). The highest BCUT2D eigenvalue weighted by Crippen LogP contribution is 2.60. The van der Waals surface area contributed by atoms with E-state index in [2.05, 4.69) is 0 Å². The van der Waals surface area contributed by atoms with Crippen LogP contribution in [0.5, 0.6) is 0 Å². The summed E-state index contributed by atoms with van der Waals surface area (Å²) in [5.74, 6) is -3.06. The minimum absolute atomic E-state index is 0.0315. The summed E-state index contributed by atoms with van der Waals surface area (Å²) in [4.78, 5) is 37.6. The molecule has 1 saturated heterocycles. The van der Waals surface area contributed by atoms with Gasteiger partial charge in [-0.1, -0.05) is 32.1 Å². The van der Waals surface area contributed by atoms with E-state index in [9.17, 15) is 24.8 Å². The Balaban J connectivity index is 1.86. The van der Waals surface area contributed by atoms with E-state index < -0.39 is 53.7 Å². The van der Waals surface area contributed by atoms with E-state index in [0.717, 1.165) is 5.57 Å². The summed E-state index contributed by atoms with van der Waals surface area (Å²) in [6.45, 7) is 6.76. The van der Waals surface area contributed by atoms with Crippen LogP contribution in [-0.2, 0) is 23.8 Å². The second kappa shape index (κ2) is 8.60. The SMILES string of the molecule is CO[C@H]1C[C@H]2C=C[C@H]3[C@H]4O[C@]2(C(C)=C[C@@H](C)[C@@H]([C@@H](C)O)OC1=O)[C@@H]3C(=O)[C@H](C)[C@H]4C[N+](=O)[O-]. The monoisotopic (exact) mass is 463 g/mol. The third-order valence-electron chi connectivity index (χ3n) is 8.24. The lowest BCUT2D eigenvalue weighted by Crippen LogP contribution is -2.54. The van der Waals surface area contributed by atoms with Gasteiger partial charge in [0.25, 0.3) is 0 Å². The van der Waals surface area contributed by atoms with Crippen LogP contribution in [0.1, 0.15) is 34.1 Å². The molecule has 1 saturated carbocycles. The molecule has 0 aromatic heterocycles. The fourth-order valence-corrected chi connectivity index (χ4v) is 6.66. The van der Waals surface area contributed by atoms with Gasteiger partial charge in [-0.05, 0) is 25.8 Å². The highest BCUT2D eigenvalue weighted by atomic mass is 16.6. The van der Waals surface area contributed by atoms with Crippen LogP contribution in [0.3, 0.4) is 0 Å². The maximum absolute atomic E-state index is 13.7. The number of carbonyl (C=O) groups is 2. The summed E-state index contributed by atoms with van der Waals surface area (Å²) in [6, 6.07) is 0. The highest BCUT2D eigenvalue weighted by molar-refractivity contribution is 5.88. The number of ketones is 1. The number of nitro groups is 1. The molecule has 0 radical (unpaired) electrons. The van der Waals surface area contributed by atoms with Crippen molar-refractivity contribution in [3.63, 3.8) is 0 Å². The zero-order chi connectivity index (χ0) is 24.2. The van der Waals surface area contributed by atoms with Gasteiger partial charge >= 0.3 is 5.97 Å². The molecule has 9 nitrogen and oxygen atoms in total. The van der Waals surface area contributed by atoms with Gasteiger partial charge in [0.1, 0.15) is 17.5 Å². The molecule has 0 aromatic rings. The molecule has 2 heterocycles. The number of carbonyl (C=O) groups excluding carboxylic acids is 2. The molecular weight excluding hydrogens is 430 g/mol. The van der Waals surface area contributed by atoms with Gasteiger partial charge in [-0.25, -0.2) is 4.79 Å². The number of methoxy groups -OCH3 is 1. The van der Waals surface area contributed by atoms with Gasteiger partial charge in [0, 0.05) is 35.7 Å². The molecule has 1 N–H and O–H groups in total. The van der Waals surface area contributed by atoms with Crippen LogP contribution < -0.4 is 0 Å². The molecule has 2 aliphatic heterocycles. The maximum atomic E-state index is 13.7. The van der Waals surface area contributed by atoms with E-state index in [0.29, 0.717) is 0 Å². The van der Waals surface area contributed by atoms with Crippen molar-refractivity contribution in [3.8, 4) is 0 Å². The van der Waals surface area contributed by atoms with Crippen LogP contribution in [0.15, 0.2) is 23.8 Å². The molecule has 2 fully saturated rings. The second-order valence-corrected chi connectivity index (χ2v) is 10.1. The number of aliphatic hydroxyl groups excluding tert-OH is 1. The van der Waals surface area contributed by atoms with E-state index in [4.69, 9.17) is 14.2 Å². The number of cyclic esters (lactones) is 1. The average molecular weight is 464 g/mol. The molecule has 182 valence electrons. The van der Waals surface area contributed by atoms with Crippen molar-refractivity contribution in [2.24, 2.45) is 35.5 Å². The van der Waals surface area contributed by atoms with Crippen molar-refractivity contribution in [1.29, 1.82) is 0 Å². The van der Waals surface area contributed by atoms with Gasteiger partial charge in [0.05, 0.1) is 24.0 Å². The van der Waals surface area contributed by atoms with Crippen LogP contribution in [0.25, 0.3) is 0 Å². The van der Waals surface area contributed by atoms with Crippen LogP contribution in [-0.4, -0.2) is 65.5 Å². The number of ether oxygens (including phenoxy) is 3. The van der Waals surface area contributed by atoms with E-state index in [1.165, 1.54) is 7.11 Å². The number of Topliss-reactive ketones (excluding diaryl/α,β-unsaturated/α-hetero) is 1. The standard InChI is InChI=1S/C24H33NO8/c1-11-8-12(2)24-15(9-18(31-5)23(28)32-21(11)14(4)26)6-7-16-19(24)20(27)13(3)17(10-25(29)30)22(16)33-24/h6-8,11,13-19,21-22,26H,9-10H2,1-5H3/t11-,13-,14-,15-,16-,17-,18+,19+,21+,22-,24+/m1/s1. The van der Waals surface area contributed by atoms with Crippen LogP contribution >= 0.6 is 0 Å². The van der Waals surface area contributed by atoms with Crippen molar-refractivity contribution in [2.75, 3.05) is 13.7 Å². The topological polar surface area (TPSA) is 125 Å². The summed E-state index contributed by atoms with van der Waals surface area (Å²) in [5.41, 5.74) is -0.199. The number of rotatable bonds is 4. The number of esters is 1. The molecule has 4 aliphatic rings. The van der Waals surface area contributed by atoms with Gasteiger partial charge in [-0.2, -0.15) is 0 Å². The summed E-state index contributed by atoms with van der Waals surface area (Å²) in [6.07, 6.45) is 3.01. The molecule has 11 atom stereocenters. The zero-order valence-electron chi connectivity index (χ0n) is 19.7. The van der Waals surface area contributed by atoms with E-state index in [1.54, 1.807) is 13.8 Å². The number of hydrogen-bond donors (Lipinski definition) is 1. The van der Waals surface area contributed by atoms with Gasteiger partial charge in [-0.3, -0.25) is 14.9 Å². The first-order valence-electron chi connectivity index (χ1n) is 11.6. The molecule has 1 spiro atoms. The Hall–Kier alpha value is -2.10. The van der Waals surface area contributed by atoms with Gasteiger partial charge < -0.3 is 19.3 Å². The number of nitrogens with zero attached hydrogens (tertiary/aromatic N) is 1. The molecule has 0 unspecified atom stereocenters. The smallest absolute Gasteiger partial charge is 0.335 e. The molecule has 0 aromatic carbocycles. The van der Waals surface area contributed by atoms with E-state index >= 15 is 0 Å². The molecule has 2 aliphatic carbocycles. The Labute approximate surface area is 193 Å².